The Balaban J connectivity index is 1.20. The molecule has 1 saturated heterocycles. The van der Waals surface area contributed by atoms with Crippen molar-refractivity contribution in [1.82, 2.24) is 19.9 Å². The van der Waals surface area contributed by atoms with Crippen molar-refractivity contribution < 1.29 is 13.5 Å². The molecule has 0 bridgehead atoms. The van der Waals surface area contributed by atoms with Gasteiger partial charge in [-0.15, -0.1) is 0 Å². The number of hydrogen-bond donors (Lipinski definition) is 1. The molecule has 2 aromatic heterocycles. The van der Waals surface area contributed by atoms with Crippen LogP contribution in [0.2, 0.25) is 5.02 Å². The van der Waals surface area contributed by atoms with Crippen molar-refractivity contribution in [2.45, 2.75) is 10.3 Å². The zero-order chi connectivity index (χ0) is 24.4. The van der Waals surface area contributed by atoms with Crippen LogP contribution in [-0.4, -0.2) is 71.5 Å². The fourth-order valence-electron chi connectivity index (χ4n) is 4.16. The maximum atomic E-state index is 13.0. The van der Waals surface area contributed by atoms with Crippen LogP contribution < -0.4 is 4.90 Å². The van der Waals surface area contributed by atoms with E-state index in [0.717, 1.165) is 21.9 Å². The first-order valence-electron chi connectivity index (χ1n) is 11.2. The molecule has 5 rings (SSSR count). The lowest BCUT2D eigenvalue weighted by Gasteiger charge is -2.35. The average molecular weight is 510 g/mol. The molecule has 0 aliphatic carbocycles. The van der Waals surface area contributed by atoms with Crippen molar-refractivity contribution in [1.29, 1.82) is 0 Å². The molecule has 1 aliphatic rings. The Bertz CT molecular complexity index is 1430. The van der Waals surface area contributed by atoms with Gasteiger partial charge in [-0.2, -0.15) is 0 Å². The molecule has 1 unspecified atom stereocenters. The van der Waals surface area contributed by atoms with Crippen LogP contribution >= 0.6 is 11.6 Å². The first-order valence-corrected chi connectivity index (χ1v) is 13.1. The summed E-state index contributed by atoms with van der Waals surface area (Å²) in [4.78, 5) is 17.1. The van der Waals surface area contributed by atoms with Gasteiger partial charge in [-0.05, 0) is 52.7 Å². The number of sulfone groups is 1. The largest absolute Gasteiger partial charge is 0.376 e. The van der Waals surface area contributed by atoms with Gasteiger partial charge in [0.15, 0.2) is 5.44 Å². The molecule has 0 spiro atoms. The second-order valence-electron chi connectivity index (χ2n) is 8.45. The van der Waals surface area contributed by atoms with Crippen molar-refractivity contribution in [2.24, 2.45) is 0 Å². The predicted molar refractivity (Wildman–Crippen MR) is 136 cm³/mol. The van der Waals surface area contributed by atoms with E-state index in [9.17, 15) is 13.5 Å². The molecule has 10 heteroatoms. The second kappa shape index (κ2) is 9.87. The van der Waals surface area contributed by atoms with Gasteiger partial charge in [-0.1, -0.05) is 23.7 Å². The molecule has 1 atom stereocenters. The molecule has 4 aromatic rings. The molecule has 180 valence electrons. The number of halogens is 1. The fraction of sp³-hybridized carbons (Fsp3) is 0.240. The van der Waals surface area contributed by atoms with Gasteiger partial charge in [-0.25, -0.2) is 18.4 Å². The highest BCUT2D eigenvalue weighted by Gasteiger charge is 2.29. The van der Waals surface area contributed by atoms with Gasteiger partial charge in [0, 0.05) is 68.1 Å². The molecule has 8 nitrogen and oxygen atoms in total. The normalized spacial score (nSPS) is 15.9. The Morgan fingerprint density at radius 3 is 2.26 bits per heavy atom. The number of hydrogen-bond acceptors (Lipinski definition) is 8. The third kappa shape index (κ3) is 5.13. The highest BCUT2D eigenvalue weighted by Crippen LogP contribution is 2.25. The van der Waals surface area contributed by atoms with Crippen LogP contribution in [0.5, 0.6) is 0 Å². The van der Waals surface area contributed by atoms with Crippen LogP contribution in [0.1, 0.15) is 0 Å². The summed E-state index contributed by atoms with van der Waals surface area (Å²) in [6.07, 6.45) is 7.04. The van der Waals surface area contributed by atoms with Crippen LogP contribution in [-0.2, 0) is 9.84 Å². The summed E-state index contributed by atoms with van der Waals surface area (Å²) in [7, 11) is -3.90. The third-order valence-corrected chi connectivity index (χ3v) is 8.19. The van der Waals surface area contributed by atoms with Gasteiger partial charge in [0.05, 0.1) is 4.90 Å². The number of pyridine rings is 1. The Morgan fingerprint density at radius 2 is 1.54 bits per heavy atom. The maximum absolute atomic E-state index is 13.0. The smallest absolute Gasteiger partial charge is 0.225 e. The summed E-state index contributed by atoms with van der Waals surface area (Å²) >= 11 is 6.01. The number of aliphatic hydroxyl groups excluding tert-OH is 1. The van der Waals surface area contributed by atoms with Gasteiger partial charge in [0.25, 0.3) is 0 Å². The number of nitrogens with zero attached hydrogens (tertiary/aromatic N) is 5. The molecule has 0 saturated carbocycles. The molecular weight excluding hydrogens is 486 g/mol. The topological polar surface area (TPSA) is 99.5 Å². The van der Waals surface area contributed by atoms with E-state index in [1.54, 1.807) is 55.1 Å². The van der Waals surface area contributed by atoms with E-state index < -0.39 is 15.3 Å². The van der Waals surface area contributed by atoms with Gasteiger partial charge in [0.1, 0.15) is 0 Å². The molecule has 0 amide bonds. The maximum Gasteiger partial charge on any atom is 0.225 e. The first kappa shape index (κ1) is 23.6. The summed E-state index contributed by atoms with van der Waals surface area (Å²) in [5, 5.41) is 12.8. The van der Waals surface area contributed by atoms with Crippen molar-refractivity contribution >= 4 is 38.2 Å². The van der Waals surface area contributed by atoms with Crippen LogP contribution in [0.15, 0.2) is 78.2 Å². The van der Waals surface area contributed by atoms with E-state index >= 15 is 0 Å². The highest BCUT2D eigenvalue weighted by molar-refractivity contribution is 7.92. The summed E-state index contributed by atoms with van der Waals surface area (Å²) < 4.78 is 26.0. The van der Waals surface area contributed by atoms with E-state index in [2.05, 4.69) is 19.9 Å². The van der Waals surface area contributed by atoms with E-state index in [1.807, 2.05) is 17.0 Å². The summed E-state index contributed by atoms with van der Waals surface area (Å²) in [5.74, 6) is 0.631. The van der Waals surface area contributed by atoms with Crippen LogP contribution in [0, 0.1) is 0 Å². The number of fused-ring (bicyclic) bond motifs is 1. The van der Waals surface area contributed by atoms with E-state index in [0.29, 0.717) is 37.1 Å². The SMILES string of the molecule is O=S(=O)(c1ccc2cc(Cl)ccc2c1)C(O)CN1CCN(c2ncc(-c3ccncc3)cn2)CC1. The van der Waals surface area contributed by atoms with E-state index in [4.69, 9.17) is 11.6 Å². The van der Waals surface area contributed by atoms with Gasteiger partial charge < -0.3 is 10.0 Å². The van der Waals surface area contributed by atoms with Gasteiger partial charge >= 0.3 is 0 Å². The number of aliphatic hydroxyl groups is 1. The molecule has 2 aromatic carbocycles. The van der Waals surface area contributed by atoms with Crippen molar-refractivity contribution in [2.75, 3.05) is 37.6 Å². The minimum Gasteiger partial charge on any atom is -0.376 e. The highest BCUT2D eigenvalue weighted by atomic mass is 35.5. The minimum atomic E-state index is -3.90. The monoisotopic (exact) mass is 509 g/mol. The zero-order valence-electron chi connectivity index (χ0n) is 18.8. The lowest BCUT2D eigenvalue weighted by atomic mass is 10.1. The number of β-amino-alcohol motifs (C(OH)–C–C–N with tert-alkyl or cyclic N) is 1. The Labute approximate surface area is 208 Å². The molecule has 1 fully saturated rings. The Kier molecular flexibility index (Phi) is 6.66. The van der Waals surface area contributed by atoms with Gasteiger partial charge in [0.2, 0.25) is 15.8 Å². The van der Waals surface area contributed by atoms with Crippen molar-refractivity contribution in [3.8, 4) is 11.1 Å². The third-order valence-electron chi connectivity index (χ3n) is 6.18. The molecule has 0 radical (unpaired) electrons. The number of piperazine rings is 1. The predicted octanol–water partition coefficient (Wildman–Crippen LogP) is 3.26. The lowest BCUT2D eigenvalue weighted by molar-refractivity contribution is 0.160. The van der Waals surface area contributed by atoms with E-state index in [-0.39, 0.29) is 11.4 Å². The van der Waals surface area contributed by atoms with Crippen molar-refractivity contribution in [3.05, 3.63) is 78.3 Å². The molecular formula is C25H24ClN5O3S. The van der Waals surface area contributed by atoms with Crippen LogP contribution in [0.25, 0.3) is 21.9 Å². The average Bonchev–Trinajstić information content (AvgIpc) is 2.89. The first-order chi connectivity index (χ1) is 16.9. The van der Waals surface area contributed by atoms with Crippen LogP contribution in [0.4, 0.5) is 5.95 Å². The minimum absolute atomic E-state index is 0.0384. The zero-order valence-corrected chi connectivity index (χ0v) is 20.4. The second-order valence-corrected chi connectivity index (χ2v) is 11.0. The molecule has 1 N–H and O–H groups in total. The summed E-state index contributed by atoms with van der Waals surface area (Å²) in [6.45, 7) is 2.50. The molecule has 35 heavy (non-hydrogen) atoms. The number of benzene rings is 2. The van der Waals surface area contributed by atoms with E-state index in [1.165, 1.54) is 6.07 Å². The van der Waals surface area contributed by atoms with Crippen LogP contribution in [0.3, 0.4) is 0 Å². The standard InChI is InChI=1S/C25H24ClN5O3S/c26-22-3-1-20-14-23(4-2-19(20)13-22)35(33,34)24(32)17-30-9-11-31(12-10-30)25-28-15-21(16-29-25)18-5-7-27-8-6-18/h1-8,13-16,24,32H,9-12,17H2. The number of aromatic nitrogens is 3. The Hall–Kier alpha value is -3.11. The fourth-order valence-corrected chi connectivity index (χ4v) is 5.61. The lowest BCUT2D eigenvalue weighted by Crippen LogP contribution is -2.50. The number of anilines is 1. The quantitative estimate of drug-likeness (QED) is 0.423. The molecule has 1 aliphatic heterocycles. The van der Waals surface area contributed by atoms with Crippen molar-refractivity contribution in [3.63, 3.8) is 0 Å². The summed E-state index contributed by atoms with van der Waals surface area (Å²) in [6, 6.07) is 13.9. The van der Waals surface area contributed by atoms with Gasteiger partial charge in [-0.3, -0.25) is 9.88 Å². The number of rotatable bonds is 6. The molecule has 3 heterocycles. The summed E-state index contributed by atoms with van der Waals surface area (Å²) in [5.41, 5.74) is 0.399. The Morgan fingerprint density at radius 1 is 0.886 bits per heavy atom.